The summed E-state index contributed by atoms with van der Waals surface area (Å²) in [6, 6.07) is 3.14. The molecule has 8 heteroatoms. The summed E-state index contributed by atoms with van der Waals surface area (Å²) in [5, 5.41) is 3.04. The number of fused-ring (bicyclic) bond motifs is 1. The lowest BCUT2D eigenvalue weighted by atomic mass is 9.71. The number of hydrogen-bond acceptors (Lipinski definition) is 5. The van der Waals surface area contributed by atoms with Crippen LogP contribution in [0, 0.1) is 17.6 Å². The Labute approximate surface area is 143 Å². The van der Waals surface area contributed by atoms with Gasteiger partial charge in [0.2, 0.25) is 5.91 Å². The lowest BCUT2D eigenvalue weighted by Gasteiger charge is -2.51. The molecular weight excluding hydrogens is 334 g/mol. The topological polar surface area (TPSA) is 67.9 Å². The van der Waals surface area contributed by atoms with E-state index in [1.54, 1.807) is 0 Å². The minimum atomic E-state index is -1.27. The summed E-state index contributed by atoms with van der Waals surface area (Å²) in [5.41, 5.74) is -1.19. The molecule has 1 aromatic carbocycles. The molecule has 0 radical (unpaired) electrons. The van der Waals surface area contributed by atoms with Crippen LogP contribution in [0.2, 0.25) is 0 Å². The standard InChI is InChI=1S/C17H18F2N2O4/c1-9-20-17(11-5-4-10(18)6-13(11)19)8-25-14(16(23)24-3)7-12(17)15(22)21(9)2/h4-6,12,14,20H,1,7-8H2,2-3H3/t12-,14-,17+/m0/s1. The fourth-order valence-corrected chi connectivity index (χ4v) is 3.44. The van der Waals surface area contributed by atoms with E-state index in [4.69, 9.17) is 4.74 Å². The first-order valence-electron chi connectivity index (χ1n) is 7.70. The highest BCUT2D eigenvalue weighted by Gasteiger charge is 2.55. The highest BCUT2D eigenvalue weighted by atomic mass is 19.1. The molecule has 3 rings (SSSR count). The monoisotopic (exact) mass is 352 g/mol. The summed E-state index contributed by atoms with van der Waals surface area (Å²) in [6.07, 6.45) is -0.926. The van der Waals surface area contributed by atoms with Crippen LogP contribution in [0.3, 0.4) is 0 Å². The number of benzene rings is 1. The third kappa shape index (κ3) is 2.66. The summed E-state index contributed by atoms with van der Waals surface area (Å²) in [4.78, 5) is 25.9. The van der Waals surface area contributed by atoms with E-state index >= 15 is 0 Å². The molecule has 1 N–H and O–H groups in total. The Hall–Kier alpha value is -2.48. The van der Waals surface area contributed by atoms with Crippen LogP contribution >= 0.6 is 0 Å². The van der Waals surface area contributed by atoms with E-state index in [0.29, 0.717) is 0 Å². The van der Waals surface area contributed by atoms with Crippen LogP contribution in [0.15, 0.2) is 30.6 Å². The van der Waals surface area contributed by atoms with Gasteiger partial charge >= 0.3 is 5.97 Å². The number of methoxy groups -OCH3 is 1. The third-order valence-corrected chi connectivity index (χ3v) is 4.83. The van der Waals surface area contributed by atoms with Gasteiger partial charge in [0.05, 0.1) is 19.6 Å². The highest BCUT2D eigenvalue weighted by Crippen LogP contribution is 2.43. The molecule has 0 unspecified atom stereocenters. The minimum absolute atomic E-state index is 0.00689. The van der Waals surface area contributed by atoms with Crippen molar-refractivity contribution >= 4 is 11.9 Å². The molecule has 0 saturated carbocycles. The normalized spacial score (nSPS) is 29.0. The largest absolute Gasteiger partial charge is 0.467 e. The van der Waals surface area contributed by atoms with E-state index in [0.717, 1.165) is 12.1 Å². The maximum absolute atomic E-state index is 14.5. The Kier molecular flexibility index (Phi) is 4.24. The molecule has 25 heavy (non-hydrogen) atoms. The molecule has 2 heterocycles. The van der Waals surface area contributed by atoms with Gasteiger partial charge in [-0.3, -0.25) is 4.79 Å². The number of hydrogen-bond donors (Lipinski definition) is 1. The van der Waals surface area contributed by atoms with Crippen LogP contribution in [0.5, 0.6) is 0 Å². The predicted octanol–water partition coefficient (Wildman–Crippen LogP) is 1.27. The summed E-state index contributed by atoms with van der Waals surface area (Å²) in [5.74, 6) is -3.00. The van der Waals surface area contributed by atoms with Crippen molar-refractivity contribution in [3.63, 3.8) is 0 Å². The molecule has 2 aliphatic heterocycles. The van der Waals surface area contributed by atoms with Gasteiger partial charge in [0.15, 0.2) is 6.10 Å². The molecule has 0 aromatic heterocycles. The number of nitrogens with one attached hydrogen (secondary N) is 1. The van der Waals surface area contributed by atoms with Crippen LogP contribution in [-0.2, 0) is 24.6 Å². The quantitative estimate of drug-likeness (QED) is 0.812. The van der Waals surface area contributed by atoms with Gasteiger partial charge < -0.3 is 19.7 Å². The van der Waals surface area contributed by atoms with Crippen molar-refractivity contribution < 1.29 is 27.8 Å². The number of esters is 1. The van der Waals surface area contributed by atoms with Gasteiger partial charge in [0.25, 0.3) is 0 Å². The molecule has 3 atom stereocenters. The number of nitrogens with zero attached hydrogens (tertiary/aromatic N) is 1. The van der Waals surface area contributed by atoms with Crippen molar-refractivity contribution in [2.45, 2.75) is 18.1 Å². The van der Waals surface area contributed by atoms with Crippen LogP contribution in [0.1, 0.15) is 12.0 Å². The van der Waals surface area contributed by atoms with Gasteiger partial charge in [-0.2, -0.15) is 0 Å². The Balaban J connectivity index is 2.08. The van der Waals surface area contributed by atoms with Crippen LogP contribution in [0.4, 0.5) is 8.78 Å². The molecule has 0 spiro atoms. The van der Waals surface area contributed by atoms with E-state index < -0.39 is 35.2 Å². The lowest BCUT2D eigenvalue weighted by Crippen LogP contribution is -2.66. The minimum Gasteiger partial charge on any atom is -0.467 e. The molecule has 0 aliphatic carbocycles. The van der Waals surface area contributed by atoms with Crippen molar-refractivity contribution in [3.05, 3.63) is 47.8 Å². The zero-order valence-electron chi connectivity index (χ0n) is 13.8. The number of carbonyl (C=O) groups excluding carboxylic acids is 2. The van der Waals surface area contributed by atoms with E-state index in [9.17, 15) is 18.4 Å². The summed E-state index contributed by atoms with van der Waals surface area (Å²) in [7, 11) is 2.76. The second-order valence-corrected chi connectivity index (χ2v) is 6.18. The number of amides is 1. The van der Waals surface area contributed by atoms with Gasteiger partial charge in [-0.15, -0.1) is 0 Å². The molecular formula is C17H18F2N2O4. The number of carbonyl (C=O) groups is 2. The van der Waals surface area contributed by atoms with Gasteiger partial charge in [0, 0.05) is 18.7 Å². The van der Waals surface area contributed by atoms with Crippen LogP contribution in [0.25, 0.3) is 0 Å². The first kappa shape index (κ1) is 17.3. The zero-order valence-corrected chi connectivity index (χ0v) is 13.8. The SMILES string of the molecule is C=C1N[C@@]2(c3ccc(F)cc3F)CO[C@H](C(=O)OC)C[C@H]2C(=O)N1C. The molecule has 0 bridgehead atoms. The van der Waals surface area contributed by atoms with Crippen molar-refractivity contribution in [2.75, 3.05) is 20.8 Å². The molecule has 2 saturated heterocycles. The number of ether oxygens (including phenoxy) is 2. The maximum atomic E-state index is 14.5. The zero-order chi connectivity index (χ0) is 18.4. The highest BCUT2D eigenvalue weighted by molar-refractivity contribution is 5.85. The van der Waals surface area contributed by atoms with E-state index in [-0.39, 0.29) is 30.3 Å². The average Bonchev–Trinajstić information content (AvgIpc) is 2.58. The van der Waals surface area contributed by atoms with Crippen molar-refractivity contribution in [3.8, 4) is 0 Å². The summed E-state index contributed by atoms with van der Waals surface area (Å²) in [6.45, 7) is 3.61. The molecule has 134 valence electrons. The Morgan fingerprint density at radius 1 is 1.48 bits per heavy atom. The average molecular weight is 352 g/mol. The Morgan fingerprint density at radius 3 is 2.84 bits per heavy atom. The van der Waals surface area contributed by atoms with Gasteiger partial charge in [-0.25, -0.2) is 13.6 Å². The third-order valence-electron chi connectivity index (χ3n) is 4.83. The molecule has 1 aromatic rings. The smallest absolute Gasteiger partial charge is 0.334 e. The lowest BCUT2D eigenvalue weighted by molar-refractivity contribution is -0.172. The van der Waals surface area contributed by atoms with Gasteiger partial charge in [-0.1, -0.05) is 12.6 Å². The summed E-state index contributed by atoms with van der Waals surface area (Å²) >= 11 is 0. The fraction of sp³-hybridized carbons (Fsp3) is 0.412. The number of halogens is 2. The number of rotatable bonds is 2. The second kappa shape index (κ2) is 6.11. The first-order chi connectivity index (χ1) is 11.8. The van der Waals surface area contributed by atoms with E-state index in [2.05, 4.69) is 16.6 Å². The fourth-order valence-electron chi connectivity index (χ4n) is 3.44. The van der Waals surface area contributed by atoms with E-state index in [1.165, 1.54) is 25.1 Å². The van der Waals surface area contributed by atoms with Crippen LogP contribution < -0.4 is 5.32 Å². The molecule has 2 fully saturated rings. The summed E-state index contributed by atoms with van der Waals surface area (Å²) < 4.78 is 38.1. The molecule has 6 nitrogen and oxygen atoms in total. The maximum Gasteiger partial charge on any atom is 0.334 e. The first-order valence-corrected chi connectivity index (χ1v) is 7.70. The van der Waals surface area contributed by atoms with Crippen molar-refractivity contribution in [1.82, 2.24) is 10.2 Å². The predicted molar refractivity (Wildman–Crippen MR) is 82.9 cm³/mol. The Morgan fingerprint density at radius 2 is 2.20 bits per heavy atom. The van der Waals surface area contributed by atoms with Gasteiger partial charge in [-0.05, 0) is 12.5 Å². The molecule has 1 amide bonds. The second-order valence-electron chi connectivity index (χ2n) is 6.18. The van der Waals surface area contributed by atoms with E-state index in [1.807, 2.05) is 0 Å². The van der Waals surface area contributed by atoms with Crippen LogP contribution in [-0.4, -0.2) is 43.6 Å². The van der Waals surface area contributed by atoms with Crippen molar-refractivity contribution in [1.29, 1.82) is 0 Å². The molecule has 2 aliphatic rings. The van der Waals surface area contributed by atoms with Gasteiger partial charge in [0.1, 0.15) is 23.0 Å². The van der Waals surface area contributed by atoms with Crippen molar-refractivity contribution in [2.24, 2.45) is 5.92 Å². The Bertz CT molecular complexity index is 754.